The molecular weight excluding hydrogens is 452 g/mol. The molecule has 0 heterocycles. The molecule has 2 heteroatoms. The first kappa shape index (κ1) is 34.9. The van der Waals surface area contributed by atoms with Crippen molar-refractivity contribution in [2.75, 3.05) is 0 Å². The second kappa shape index (κ2) is 27.0. The lowest BCUT2D eigenvalue weighted by Gasteiger charge is -2.24. The molecule has 0 bridgehead atoms. The number of carbonyl (C=O) groups excluding carboxylic acids is 1. The fourth-order valence-electron chi connectivity index (χ4n) is 4.04. The van der Waals surface area contributed by atoms with Crippen LogP contribution in [-0.2, 0) is 9.53 Å². The zero-order chi connectivity index (χ0) is 27.4. The summed E-state index contributed by atoms with van der Waals surface area (Å²) in [6, 6.07) is 0. The molecule has 0 aromatic rings. The third-order valence-electron chi connectivity index (χ3n) is 6.07. The average Bonchev–Trinajstić information content (AvgIpc) is 2.86. The highest BCUT2D eigenvalue weighted by Crippen LogP contribution is 2.17. The Morgan fingerprint density at radius 1 is 0.514 bits per heavy atom. The van der Waals surface area contributed by atoms with Crippen molar-refractivity contribution < 1.29 is 9.53 Å². The lowest BCUT2D eigenvalue weighted by Crippen LogP contribution is -2.28. The first-order chi connectivity index (χ1) is 18.0. The lowest BCUT2D eigenvalue weighted by atomic mass is 9.96. The van der Waals surface area contributed by atoms with Gasteiger partial charge in [0.15, 0.2) is 0 Å². The molecule has 37 heavy (non-hydrogen) atoms. The van der Waals surface area contributed by atoms with Crippen LogP contribution in [-0.4, -0.2) is 12.1 Å². The molecule has 0 radical (unpaired) electrons. The Morgan fingerprint density at radius 2 is 0.811 bits per heavy atom. The molecule has 2 nitrogen and oxygen atoms in total. The van der Waals surface area contributed by atoms with Crippen LogP contribution in [0.25, 0.3) is 0 Å². The maximum atomic E-state index is 12.0. The van der Waals surface area contributed by atoms with E-state index in [1.165, 1.54) is 6.42 Å². The molecule has 0 amide bonds. The number of hydrogen-bond donors (Lipinski definition) is 0. The van der Waals surface area contributed by atoms with Gasteiger partial charge in [-0.2, -0.15) is 0 Å². The van der Waals surface area contributed by atoms with Crippen LogP contribution in [0.1, 0.15) is 125 Å². The highest BCUT2D eigenvalue weighted by molar-refractivity contribution is 5.69. The van der Waals surface area contributed by atoms with Gasteiger partial charge in [0.1, 0.15) is 6.10 Å². The molecule has 0 saturated heterocycles. The third-order valence-corrected chi connectivity index (χ3v) is 6.07. The van der Waals surface area contributed by atoms with E-state index in [0.29, 0.717) is 18.3 Å². The fourth-order valence-corrected chi connectivity index (χ4v) is 4.04. The maximum absolute atomic E-state index is 12.0. The summed E-state index contributed by atoms with van der Waals surface area (Å²) in [4.78, 5) is 12.0. The summed E-state index contributed by atoms with van der Waals surface area (Å²) < 4.78 is 5.64. The van der Waals surface area contributed by atoms with E-state index in [4.69, 9.17) is 4.74 Å². The Hall–Kier alpha value is -2.09. The van der Waals surface area contributed by atoms with E-state index in [9.17, 15) is 4.79 Å². The molecular formula is C35H58O2. The SMILES string of the molecule is CC/C=C\CC/C=C\CC/C=C\CC/C=C\CC/C=C\CC/C=C\CCCC(=O)OC(C(C)C)C(C)C. The van der Waals surface area contributed by atoms with E-state index in [2.05, 4.69) is 108 Å². The minimum absolute atomic E-state index is 0.0262. The minimum atomic E-state index is -0.0562. The van der Waals surface area contributed by atoms with Crippen LogP contribution in [0.3, 0.4) is 0 Å². The van der Waals surface area contributed by atoms with E-state index >= 15 is 0 Å². The highest BCUT2D eigenvalue weighted by Gasteiger charge is 2.21. The molecule has 0 N–H and O–H groups in total. The van der Waals surface area contributed by atoms with Crippen molar-refractivity contribution in [3.8, 4) is 0 Å². The highest BCUT2D eigenvalue weighted by atomic mass is 16.5. The van der Waals surface area contributed by atoms with Crippen LogP contribution in [0.2, 0.25) is 0 Å². The van der Waals surface area contributed by atoms with Crippen LogP contribution in [0.4, 0.5) is 0 Å². The van der Waals surface area contributed by atoms with Gasteiger partial charge in [-0.15, -0.1) is 0 Å². The summed E-state index contributed by atoms with van der Waals surface area (Å²) in [6.07, 6.45) is 42.2. The molecule has 0 aromatic heterocycles. The van der Waals surface area contributed by atoms with Crippen molar-refractivity contribution in [3.05, 3.63) is 72.9 Å². The predicted molar refractivity (Wildman–Crippen MR) is 165 cm³/mol. The summed E-state index contributed by atoms with van der Waals surface area (Å²) in [5.41, 5.74) is 0. The molecule has 0 fully saturated rings. The van der Waals surface area contributed by atoms with Gasteiger partial charge in [-0.1, -0.05) is 108 Å². The first-order valence-corrected chi connectivity index (χ1v) is 15.1. The predicted octanol–water partition coefficient (Wildman–Crippen LogP) is 11.0. The zero-order valence-electron chi connectivity index (χ0n) is 24.9. The van der Waals surface area contributed by atoms with Crippen LogP contribution in [0.15, 0.2) is 72.9 Å². The largest absolute Gasteiger partial charge is 0.462 e. The summed E-state index contributed by atoms with van der Waals surface area (Å²) in [5.74, 6) is 0.678. The number of hydrogen-bond acceptors (Lipinski definition) is 2. The minimum Gasteiger partial charge on any atom is -0.462 e. The topological polar surface area (TPSA) is 26.3 Å². The standard InChI is InChI=1S/C35H58O2/c1-6-7-8-9-10-11-12-13-14-15-16-17-18-19-20-21-22-23-24-25-26-27-28-29-30-31-34(36)37-35(32(2)3)33(4)5/h7-8,11-12,15-16,19-20,23-24,27-28,32-33,35H,6,9-10,13-14,17-18,21-22,25-26,29-31H2,1-5H3/b8-7-,12-11-,16-15-,20-19-,24-23-,28-27-. The molecule has 0 saturated carbocycles. The average molecular weight is 511 g/mol. The van der Waals surface area contributed by atoms with Crippen molar-refractivity contribution in [2.45, 2.75) is 131 Å². The Balaban J connectivity index is 3.58. The first-order valence-electron chi connectivity index (χ1n) is 15.1. The molecule has 210 valence electrons. The van der Waals surface area contributed by atoms with Gasteiger partial charge in [-0.05, 0) is 95.3 Å². The number of unbranched alkanes of at least 4 members (excludes halogenated alkanes) is 6. The van der Waals surface area contributed by atoms with Gasteiger partial charge in [0.2, 0.25) is 0 Å². The van der Waals surface area contributed by atoms with Crippen molar-refractivity contribution in [2.24, 2.45) is 11.8 Å². The maximum Gasteiger partial charge on any atom is 0.306 e. The molecule has 0 atom stereocenters. The molecule has 0 spiro atoms. The van der Waals surface area contributed by atoms with Crippen LogP contribution in [0.5, 0.6) is 0 Å². The summed E-state index contributed by atoms with van der Waals surface area (Å²) in [6.45, 7) is 10.6. The molecule has 0 aliphatic carbocycles. The number of ether oxygens (including phenoxy) is 1. The summed E-state index contributed by atoms with van der Waals surface area (Å²) in [5, 5.41) is 0. The second-order valence-electron chi connectivity index (χ2n) is 10.5. The van der Waals surface area contributed by atoms with Gasteiger partial charge in [0, 0.05) is 6.42 Å². The molecule has 0 rings (SSSR count). The van der Waals surface area contributed by atoms with Crippen LogP contribution >= 0.6 is 0 Å². The number of esters is 1. The fraction of sp³-hybridized carbons (Fsp3) is 0.629. The summed E-state index contributed by atoms with van der Waals surface area (Å²) in [7, 11) is 0. The van der Waals surface area contributed by atoms with Gasteiger partial charge in [0.25, 0.3) is 0 Å². The molecule has 0 unspecified atom stereocenters. The van der Waals surface area contributed by atoms with Gasteiger partial charge in [0.05, 0.1) is 0 Å². The van der Waals surface area contributed by atoms with E-state index in [1.54, 1.807) is 0 Å². The Labute approximate surface area is 230 Å². The van der Waals surface area contributed by atoms with Crippen molar-refractivity contribution >= 4 is 5.97 Å². The van der Waals surface area contributed by atoms with E-state index in [-0.39, 0.29) is 12.1 Å². The second-order valence-corrected chi connectivity index (χ2v) is 10.5. The van der Waals surface area contributed by atoms with Gasteiger partial charge >= 0.3 is 5.97 Å². The van der Waals surface area contributed by atoms with E-state index in [0.717, 1.165) is 77.0 Å². The Kier molecular flexibility index (Phi) is 25.4. The van der Waals surface area contributed by atoms with Gasteiger partial charge in [-0.25, -0.2) is 0 Å². The molecule has 0 aromatic carbocycles. The number of carbonyl (C=O) groups is 1. The van der Waals surface area contributed by atoms with E-state index in [1.807, 2.05) is 0 Å². The smallest absolute Gasteiger partial charge is 0.306 e. The molecule has 0 aliphatic rings. The lowest BCUT2D eigenvalue weighted by molar-refractivity contribution is -0.154. The monoisotopic (exact) mass is 510 g/mol. The van der Waals surface area contributed by atoms with Gasteiger partial charge in [-0.3, -0.25) is 4.79 Å². The Morgan fingerprint density at radius 3 is 1.11 bits per heavy atom. The molecule has 0 aliphatic heterocycles. The van der Waals surface area contributed by atoms with Crippen LogP contribution < -0.4 is 0 Å². The quantitative estimate of drug-likeness (QED) is 0.0776. The summed E-state index contributed by atoms with van der Waals surface area (Å²) >= 11 is 0. The Bertz CT molecular complexity index is 680. The van der Waals surface area contributed by atoms with Crippen LogP contribution in [0, 0.1) is 11.8 Å². The van der Waals surface area contributed by atoms with Crippen molar-refractivity contribution in [1.82, 2.24) is 0 Å². The number of allylic oxidation sites excluding steroid dienone is 12. The third kappa shape index (κ3) is 25.3. The van der Waals surface area contributed by atoms with E-state index < -0.39 is 0 Å². The van der Waals surface area contributed by atoms with Crippen molar-refractivity contribution in [3.63, 3.8) is 0 Å². The van der Waals surface area contributed by atoms with Gasteiger partial charge < -0.3 is 4.74 Å². The van der Waals surface area contributed by atoms with Crippen molar-refractivity contribution in [1.29, 1.82) is 0 Å². The normalized spacial score (nSPS) is 13.1. The number of rotatable bonds is 23. The zero-order valence-corrected chi connectivity index (χ0v) is 24.9.